The number of carbonyl (C=O) groups is 1. The van der Waals surface area contributed by atoms with Gasteiger partial charge in [0, 0.05) is 31.2 Å². The van der Waals surface area contributed by atoms with E-state index in [1.165, 1.54) is 18.4 Å². The Morgan fingerprint density at radius 1 is 1.17 bits per heavy atom. The lowest BCUT2D eigenvalue weighted by molar-refractivity contribution is -0.120. The molecule has 1 amide bonds. The van der Waals surface area contributed by atoms with E-state index in [9.17, 15) is 4.79 Å². The van der Waals surface area contributed by atoms with Gasteiger partial charge in [0.15, 0.2) is 0 Å². The summed E-state index contributed by atoms with van der Waals surface area (Å²) in [7, 11) is 2.14. The van der Waals surface area contributed by atoms with Crippen molar-refractivity contribution in [1.82, 2.24) is 10.2 Å². The second kappa shape index (κ2) is 7.61. The van der Waals surface area contributed by atoms with Crippen LogP contribution in [0.4, 0.5) is 5.69 Å². The minimum atomic E-state index is 0. The fraction of sp³-hybridized carbons (Fsp3) is 0.611. The van der Waals surface area contributed by atoms with Crippen molar-refractivity contribution >= 4 is 36.4 Å². The highest BCUT2D eigenvalue weighted by Crippen LogP contribution is 2.59. The van der Waals surface area contributed by atoms with Crippen LogP contribution >= 0.6 is 24.8 Å². The number of hydrogen-bond acceptors (Lipinski definition) is 3. The van der Waals surface area contributed by atoms with Gasteiger partial charge in [-0.1, -0.05) is 18.2 Å². The molecule has 1 atom stereocenters. The van der Waals surface area contributed by atoms with Crippen molar-refractivity contribution in [3.63, 3.8) is 0 Å². The van der Waals surface area contributed by atoms with E-state index in [2.05, 4.69) is 46.4 Å². The lowest BCUT2D eigenvalue weighted by atomic mass is 9.91. The van der Waals surface area contributed by atoms with Crippen LogP contribution < -0.4 is 10.2 Å². The molecule has 1 spiro atoms. The lowest BCUT2D eigenvalue weighted by Crippen LogP contribution is -2.39. The van der Waals surface area contributed by atoms with E-state index in [4.69, 9.17) is 0 Å². The summed E-state index contributed by atoms with van der Waals surface area (Å²) in [6.45, 7) is 4.84. The largest absolute Gasteiger partial charge is 0.317 e. The summed E-state index contributed by atoms with van der Waals surface area (Å²) in [5, 5.41) is 3.42. The third-order valence-corrected chi connectivity index (χ3v) is 5.78. The minimum Gasteiger partial charge on any atom is -0.317 e. The van der Waals surface area contributed by atoms with Crippen molar-refractivity contribution in [2.75, 3.05) is 38.1 Å². The standard InChI is InChI=1S/C18H25N3O.2ClH/c1-20-10-11-21(16-5-3-2-4-14(16)13-20)17(22)15-12-18(15)6-8-19-9-7-18;;/h2-5,15,19H,6-13H2,1H3;2*1H. The van der Waals surface area contributed by atoms with E-state index in [0.717, 1.165) is 44.8 Å². The number of benzene rings is 1. The molecule has 0 aromatic heterocycles. The van der Waals surface area contributed by atoms with Crippen molar-refractivity contribution in [3.8, 4) is 0 Å². The van der Waals surface area contributed by atoms with Gasteiger partial charge in [-0.05, 0) is 56.4 Å². The zero-order chi connectivity index (χ0) is 15.2. The fourth-order valence-corrected chi connectivity index (χ4v) is 4.26. The van der Waals surface area contributed by atoms with Crippen LogP contribution in [0.5, 0.6) is 0 Å². The predicted molar refractivity (Wildman–Crippen MR) is 102 cm³/mol. The molecule has 2 aliphatic heterocycles. The summed E-state index contributed by atoms with van der Waals surface area (Å²) in [5.74, 6) is 0.621. The Labute approximate surface area is 156 Å². The molecule has 1 aliphatic carbocycles. The summed E-state index contributed by atoms with van der Waals surface area (Å²) in [6.07, 6.45) is 3.43. The smallest absolute Gasteiger partial charge is 0.230 e. The highest BCUT2D eigenvalue weighted by molar-refractivity contribution is 5.98. The Kier molecular flexibility index (Phi) is 6.19. The Morgan fingerprint density at radius 3 is 2.62 bits per heavy atom. The third-order valence-electron chi connectivity index (χ3n) is 5.78. The van der Waals surface area contributed by atoms with Crippen LogP contribution in [-0.2, 0) is 11.3 Å². The quantitative estimate of drug-likeness (QED) is 0.824. The maximum Gasteiger partial charge on any atom is 0.230 e. The first-order valence-corrected chi connectivity index (χ1v) is 8.48. The maximum absolute atomic E-state index is 13.1. The Balaban J connectivity index is 0.00000104. The normalized spacial score (nSPS) is 25.0. The summed E-state index contributed by atoms with van der Waals surface area (Å²) in [6, 6.07) is 8.40. The average Bonchev–Trinajstić information content (AvgIpc) is 3.25. The molecule has 2 fully saturated rings. The molecular formula is C18H27Cl2N3O. The number of halogens is 2. The first-order valence-electron chi connectivity index (χ1n) is 8.48. The van der Waals surface area contributed by atoms with Crippen molar-refractivity contribution in [3.05, 3.63) is 29.8 Å². The van der Waals surface area contributed by atoms with E-state index in [1.54, 1.807) is 0 Å². The monoisotopic (exact) mass is 371 g/mol. The lowest BCUT2D eigenvalue weighted by Gasteiger charge is -2.27. The molecule has 0 radical (unpaired) electrons. The van der Waals surface area contributed by atoms with Gasteiger partial charge in [-0.25, -0.2) is 0 Å². The number of likely N-dealkylation sites (N-methyl/N-ethyl adjacent to an activating group) is 1. The molecule has 1 aromatic carbocycles. The van der Waals surface area contributed by atoms with Gasteiger partial charge in [-0.2, -0.15) is 0 Å². The molecule has 0 bridgehead atoms. The van der Waals surface area contributed by atoms with Crippen molar-refractivity contribution in [1.29, 1.82) is 0 Å². The molecule has 2 heterocycles. The van der Waals surface area contributed by atoms with Gasteiger partial charge < -0.3 is 15.1 Å². The molecule has 4 rings (SSSR count). The molecule has 1 N–H and O–H groups in total. The van der Waals surface area contributed by atoms with Gasteiger partial charge in [0.05, 0.1) is 0 Å². The molecule has 1 saturated heterocycles. The maximum atomic E-state index is 13.1. The zero-order valence-corrected chi connectivity index (χ0v) is 15.8. The summed E-state index contributed by atoms with van der Waals surface area (Å²) < 4.78 is 0. The number of rotatable bonds is 1. The van der Waals surface area contributed by atoms with Crippen LogP contribution in [0.25, 0.3) is 0 Å². The van der Waals surface area contributed by atoms with E-state index >= 15 is 0 Å². The molecule has 134 valence electrons. The molecule has 4 nitrogen and oxygen atoms in total. The van der Waals surface area contributed by atoms with Gasteiger partial charge in [-0.15, -0.1) is 24.8 Å². The van der Waals surface area contributed by atoms with E-state index in [1.807, 2.05) is 0 Å². The number of carbonyl (C=O) groups excluding carboxylic acids is 1. The Bertz CT molecular complexity index is 589. The molecule has 3 aliphatic rings. The topological polar surface area (TPSA) is 35.6 Å². The van der Waals surface area contributed by atoms with E-state index in [-0.39, 0.29) is 30.7 Å². The van der Waals surface area contributed by atoms with Crippen molar-refractivity contribution in [2.45, 2.75) is 25.8 Å². The van der Waals surface area contributed by atoms with Crippen LogP contribution in [0.15, 0.2) is 24.3 Å². The van der Waals surface area contributed by atoms with Crippen molar-refractivity contribution in [2.24, 2.45) is 11.3 Å². The number of hydrogen-bond donors (Lipinski definition) is 1. The third kappa shape index (κ3) is 3.43. The van der Waals surface area contributed by atoms with Crippen LogP contribution in [0.2, 0.25) is 0 Å². The average molecular weight is 372 g/mol. The SMILES string of the molecule is CN1CCN(C(=O)C2CC23CCNCC3)c2ccccc2C1.Cl.Cl. The molecule has 1 unspecified atom stereocenters. The number of nitrogens with one attached hydrogen (secondary N) is 1. The second-order valence-electron chi connectivity index (χ2n) is 7.23. The molecule has 24 heavy (non-hydrogen) atoms. The minimum absolute atomic E-state index is 0. The van der Waals surface area contributed by atoms with Gasteiger partial charge in [0.1, 0.15) is 0 Å². The van der Waals surface area contributed by atoms with Gasteiger partial charge in [0.25, 0.3) is 0 Å². The first kappa shape index (κ1) is 19.5. The van der Waals surface area contributed by atoms with Crippen LogP contribution in [0.1, 0.15) is 24.8 Å². The number of piperidine rings is 1. The van der Waals surface area contributed by atoms with E-state index in [0.29, 0.717) is 11.3 Å². The number of fused-ring (bicyclic) bond motifs is 1. The molecular weight excluding hydrogens is 345 g/mol. The number of nitrogens with zero attached hydrogens (tertiary/aromatic N) is 2. The van der Waals surface area contributed by atoms with Crippen molar-refractivity contribution < 1.29 is 4.79 Å². The van der Waals surface area contributed by atoms with E-state index < -0.39 is 0 Å². The van der Waals surface area contributed by atoms with Crippen LogP contribution in [0.3, 0.4) is 0 Å². The molecule has 6 heteroatoms. The Morgan fingerprint density at radius 2 is 1.88 bits per heavy atom. The first-order chi connectivity index (χ1) is 10.7. The summed E-state index contributed by atoms with van der Waals surface area (Å²) in [4.78, 5) is 17.5. The molecule has 1 saturated carbocycles. The second-order valence-corrected chi connectivity index (χ2v) is 7.23. The van der Waals surface area contributed by atoms with Crippen LogP contribution in [-0.4, -0.2) is 44.0 Å². The Hall–Kier alpha value is -0.810. The predicted octanol–water partition coefficient (Wildman–Crippen LogP) is 2.70. The zero-order valence-electron chi connectivity index (χ0n) is 14.2. The van der Waals surface area contributed by atoms with Gasteiger partial charge in [0.2, 0.25) is 5.91 Å². The number of anilines is 1. The highest BCUT2D eigenvalue weighted by Gasteiger charge is 2.58. The molecule has 1 aromatic rings. The number of amides is 1. The number of para-hydroxylation sites is 1. The highest BCUT2D eigenvalue weighted by atomic mass is 35.5. The summed E-state index contributed by atoms with van der Waals surface area (Å²) in [5.41, 5.74) is 2.72. The fourth-order valence-electron chi connectivity index (χ4n) is 4.26. The van der Waals surface area contributed by atoms with Gasteiger partial charge in [-0.3, -0.25) is 4.79 Å². The summed E-state index contributed by atoms with van der Waals surface area (Å²) >= 11 is 0. The van der Waals surface area contributed by atoms with Crippen LogP contribution in [0, 0.1) is 11.3 Å². The van der Waals surface area contributed by atoms with Gasteiger partial charge >= 0.3 is 0 Å².